The fourth-order valence-electron chi connectivity index (χ4n) is 2.30. The number of rotatable bonds is 1. The largest absolute Gasteiger partial charge is 0.348 e. The van der Waals surface area contributed by atoms with Crippen molar-refractivity contribution in [3.8, 4) is 0 Å². The van der Waals surface area contributed by atoms with E-state index >= 15 is 0 Å². The van der Waals surface area contributed by atoms with E-state index in [0.717, 1.165) is 23.7 Å². The summed E-state index contributed by atoms with van der Waals surface area (Å²) < 4.78 is 0. The first kappa shape index (κ1) is 9.87. The van der Waals surface area contributed by atoms with Gasteiger partial charge < -0.3 is 10.3 Å². The number of benzene rings is 1. The van der Waals surface area contributed by atoms with Gasteiger partial charge >= 0.3 is 0 Å². The molecule has 0 saturated carbocycles. The van der Waals surface area contributed by atoms with Gasteiger partial charge in [-0.3, -0.25) is 0 Å². The van der Waals surface area contributed by atoms with E-state index in [1.54, 1.807) is 6.33 Å². The van der Waals surface area contributed by atoms with Crippen molar-refractivity contribution < 1.29 is 5.32 Å². The Morgan fingerprint density at radius 1 is 1.44 bits per heavy atom. The molecule has 1 aromatic carbocycles. The number of nitrogens with two attached hydrogens (primary N) is 1. The number of H-pyrrole nitrogens is 1. The van der Waals surface area contributed by atoms with Gasteiger partial charge in [-0.1, -0.05) is 23.7 Å². The Labute approximate surface area is 98.9 Å². The van der Waals surface area contributed by atoms with Crippen LogP contribution in [0.3, 0.4) is 0 Å². The molecule has 0 bridgehead atoms. The van der Waals surface area contributed by atoms with Gasteiger partial charge in [0.1, 0.15) is 5.69 Å². The summed E-state index contributed by atoms with van der Waals surface area (Å²) in [6.45, 7) is 1.09. The van der Waals surface area contributed by atoms with Crippen LogP contribution < -0.4 is 5.32 Å². The Bertz CT molecular complexity index is 506. The van der Waals surface area contributed by atoms with Crippen LogP contribution in [-0.2, 0) is 6.42 Å². The second-order valence-corrected chi connectivity index (χ2v) is 4.51. The molecule has 0 aliphatic carbocycles. The molecule has 0 fully saturated rings. The van der Waals surface area contributed by atoms with Gasteiger partial charge in [0.15, 0.2) is 6.04 Å². The third kappa shape index (κ3) is 1.62. The number of hydrogen-bond donors (Lipinski definition) is 2. The summed E-state index contributed by atoms with van der Waals surface area (Å²) >= 11 is 6.02. The number of imidazole rings is 1. The lowest BCUT2D eigenvalue weighted by atomic mass is 9.98. The number of halogens is 1. The van der Waals surface area contributed by atoms with Crippen molar-refractivity contribution in [3.63, 3.8) is 0 Å². The highest BCUT2D eigenvalue weighted by atomic mass is 35.5. The van der Waals surface area contributed by atoms with Crippen LogP contribution in [0.4, 0.5) is 0 Å². The van der Waals surface area contributed by atoms with Crippen LogP contribution in [0, 0.1) is 0 Å². The molecule has 0 radical (unpaired) electrons. The SMILES string of the molecule is Clc1cccc([C@H]2[NH2+]CCc3[nH]cnc32)c1. The van der Waals surface area contributed by atoms with Gasteiger partial charge in [0.2, 0.25) is 0 Å². The molecule has 16 heavy (non-hydrogen) atoms. The molecule has 1 aliphatic heterocycles. The van der Waals surface area contributed by atoms with Crippen LogP contribution in [0.25, 0.3) is 0 Å². The standard InChI is InChI=1S/C12H12ClN3/c13-9-3-1-2-8(6-9)11-12-10(4-5-14-11)15-7-16-12/h1-3,6-7,11,14H,4-5H2,(H,15,16)/p+1/t11-/m1/s1. The smallest absolute Gasteiger partial charge is 0.156 e. The van der Waals surface area contributed by atoms with E-state index in [9.17, 15) is 0 Å². The quantitative estimate of drug-likeness (QED) is 0.767. The minimum Gasteiger partial charge on any atom is -0.348 e. The minimum absolute atomic E-state index is 0.286. The lowest BCUT2D eigenvalue weighted by Crippen LogP contribution is -2.87. The van der Waals surface area contributed by atoms with Gasteiger partial charge in [-0.25, -0.2) is 4.98 Å². The Hall–Kier alpha value is -1.32. The van der Waals surface area contributed by atoms with Gasteiger partial charge in [0, 0.05) is 22.7 Å². The van der Waals surface area contributed by atoms with E-state index in [2.05, 4.69) is 21.4 Å². The first-order valence-electron chi connectivity index (χ1n) is 5.45. The van der Waals surface area contributed by atoms with Gasteiger partial charge in [-0.2, -0.15) is 0 Å². The number of quaternary nitrogens is 1. The van der Waals surface area contributed by atoms with Gasteiger partial charge in [-0.15, -0.1) is 0 Å². The summed E-state index contributed by atoms with van der Waals surface area (Å²) in [5, 5.41) is 3.10. The number of nitrogens with zero attached hydrogens (tertiary/aromatic N) is 1. The normalized spacial score (nSPS) is 19.4. The number of aromatic nitrogens is 2. The fourth-order valence-corrected chi connectivity index (χ4v) is 2.50. The van der Waals surface area contributed by atoms with Crippen molar-refractivity contribution in [2.24, 2.45) is 0 Å². The molecule has 2 heterocycles. The third-order valence-corrected chi connectivity index (χ3v) is 3.29. The average molecular weight is 235 g/mol. The van der Waals surface area contributed by atoms with Crippen molar-refractivity contribution in [1.82, 2.24) is 9.97 Å². The van der Waals surface area contributed by atoms with E-state index in [0.29, 0.717) is 0 Å². The van der Waals surface area contributed by atoms with Crippen LogP contribution in [-0.4, -0.2) is 16.5 Å². The molecule has 0 unspecified atom stereocenters. The summed E-state index contributed by atoms with van der Waals surface area (Å²) in [5.74, 6) is 0. The van der Waals surface area contributed by atoms with Gasteiger partial charge in [0.05, 0.1) is 12.9 Å². The Morgan fingerprint density at radius 3 is 3.25 bits per heavy atom. The highest BCUT2D eigenvalue weighted by molar-refractivity contribution is 6.30. The molecule has 0 spiro atoms. The number of fused-ring (bicyclic) bond motifs is 1. The van der Waals surface area contributed by atoms with Crippen LogP contribution >= 0.6 is 11.6 Å². The molecule has 2 aromatic rings. The molecular formula is C12H13ClN3+. The highest BCUT2D eigenvalue weighted by Gasteiger charge is 2.27. The number of aromatic amines is 1. The topological polar surface area (TPSA) is 45.3 Å². The minimum atomic E-state index is 0.286. The molecule has 0 amide bonds. The third-order valence-electron chi connectivity index (χ3n) is 3.05. The van der Waals surface area contributed by atoms with Gasteiger partial charge in [0.25, 0.3) is 0 Å². The molecule has 1 aromatic heterocycles. The second-order valence-electron chi connectivity index (χ2n) is 4.07. The van der Waals surface area contributed by atoms with Crippen LogP contribution in [0.5, 0.6) is 0 Å². The number of nitrogens with one attached hydrogen (secondary N) is 1. The maximum atomic E-state index is 6.02. The fraction of sp³-hybridized carbons (Fsp3) is 0.250. The Kier molecular flexibility index (Phi) is 2.42. The van der Waals surface area contributed by atoms with E-state index in [4.69, 9.17) is 11.6 Å². The van der Waals surface area contributed by atoms with Gasteiger partial charge in [-0.05, 0) is 12.1 Å². The predicted molar refractivity (Wildman–Crippen MR) is 62.4 cm³/mol. The molecule has 3 rings (SSSR count). The average Bonchev–Trinajstić information content (AvgIpc) is 2.76. The summed E-state index contributed by atoms with van der Waals surface area (Å²) in [5.41, 5.74) is 3.63. The van der Waals surface area contributed by atoms with Crippen molar-refractivity contribution in [1.29, 1.82) is 0 Å². The zero-order valence-electron chi connectivity index (χ0n) is 8.78. The van der Waals surface area contributed by atoms with E-state index in [-0.39, 0.29) is 6.04 Å². The second kappa shape index (κ2) is 3.92. The van der Waals surface area contributed by atoms with Crippen molar-refractivity contribution in [2.45, 2.75) is 12.5 Å². The van der Waals surface area contributed by atoms with Crippen LogP contribution in [0.1, 0.15) is 23.0 Å². The Morgan fingerprint density at radius 2 is 2.38 bits per heavy atom. The summed E-state index contributed by atoms with van der Waals surface area (Å²) in [6, 6.07) is 8.31. The zero-order chi connectivity index (χ0) is 11.0. The van der Waals surface area contributed by atoms with Crippen LogP contribution in [0.2, 0.25) is 5.02 Å². The first-order valence-corrected chi connectivity index (χ1v) is 5.83. The molecule has 82 valence electrons. The summed E-state index contributed by atoms with van der Waals surface area (Å²) in [6.07, 6.45) is 2.84. The lowest BCUT2D eigenvalue weighted by molar-refractivity contribution is -0.690. The van der Waals surface area contributed by atoms with E-state index in [1.807, 2.05) is 18.2 Å². The summed E-state index contributed by atoms with van der Waals surface area (Å²) in [4.78, 5) is 7.62. The Balaban J connectivity index is 2.04. The van der Waals surface area contributed by atoms with Crippen LogP contribution in [0.15, 0.2) is 30.6 Å². The summed E-state index contributed by atoms with van der Waals surface area (Å²) in [7, 11) is 0. The zero-order valence-corrected chi connectivity index (χ0v) is 9.54. The maximum Gasteiger partial charge on any atom is 0.156 e. The molecule has 0 saturated heterocycles. The van der Waals surface area contributed by atoms with Crippen molar-refractivity contribution in [3.05, 3.63) is 52.6 Å². The monoisotopic (exact) mass is 234 g/mol. The van der Waals surface area contributed by atoms with E-state index < -0.39 is 0 Å². The molecule has 1 atom stereocenters. The maximum absolute atomic E-state index is 6.02. The van der Waals surface area contributed by atoms with E-state index in [1.165, 1.54) is 11.3 Å². The predicted octanol–water partition coefficient (Wildman–Crippen LogP) is 1.27. The molecule has 3 nitrogen and oxygen atoms in total. The molecule has 3 N–H and O–H groups in total. The first-order chi connectivity index (χ1) is 7.84. The number of hydrogen-bond acceptors (Lipinski definition) is 1. The molecular weight excluding hydrogens is 222 g/mol. The van der Waals surface area contributed by atoms with Crippen molar-refractivity contribution in [2.75, 3.05) is 6.54 Å². The lowest BCUT2D eigenvalue weighted by Gasteiger charge is -2.20. The highest BCUT2D eigenvalue weighted by Crippen LogP contribution is 2.23. The molecule has 1 aliphatic rings. The molecule has 4 heteroatoms. The van der Waals surface area contributed by atoms with Crippen molar-refractivity contribution >= 4 is 11.6 Å².